The lowest BCUT2D eigenvalue weighted by molar-refractivity contribution is 0.0663. The quantitative estimate of drug-likeness (QED) is 0.818. The summed E-state index contributed by atoms with van der Waals surface area (Å²) in [5.41, 5.74) is 0. The van der Waals surface area contributed by atoms with E-state index in [1.165, 1.54) is 0 Å². The SMILES string of the molecule is CCCNc1nccc(OCC2CCCO2)n1. The highest BCUT2D eigenvalue weighted by Crippen LogP contribution is 2.14. The molecular formula is C12H19N3O2. The van der Waals surface area contributed by atoms with E-state index in [1.807, 2.05) is 0 Å². The number of aromatic nitrogens is 2. The Labute approximate surface area is 102 Å². The van der Waals surface area contributed by atoms with E-state index in [0.29, 0.717) is 18.4 Å². The van der Waals surface area contributed by atoms with Crippen molar-refractivity contribution in [3.63, 3.8) is 0 Å². The molecule has 1 aromatic rings. The summed E-state index contributed by atoms with van der Waals surface area (Å²) in [5, 5.41) is 3.13. The summed E-state index contributed by atoms with van der Waals surface area (Å²) in [6.45, 7) is 4.39. The normalized spacial score (nSPS) is 19.2. The molecule has 0 amide bonds. The summed E-state index contributed by atoms with van der Waals surface area (Å²) in [6.07, 6.45) is 5.17. The van der Waals surface area contributed by atoms with Gasteiger partial charge in [-0.05, 0) is 19.3 Å². The fraction of sp³-hybridized carbons (Fsp3) is 0.667. The van der Waals surface area contributed by atoms with E-state index in [4.69, 9.17) is 9.47 Å². The molecule has 94 valence electrons. The predicted octanol–water partition coefficient (Wildman–Crippen LogP) is 1.86. The standard InChI is InChI=1S/C12H19N3O2/c1-2-6-13-12-14-7-5-11(15-12)17-9-10-4-3-8-16-10/h5,7,10H,2-4,6,8-9H2,1H3,(H,13,14,15). The Morgan fingerprint density at radius 2 is 2.53 bits per heavy atom. The van der Waals surface area contributed by atoms with Crippen LogP contribution in [-0.2, 0) is 4.74 Å². The molecule has 0 saturated carbocycles. The Bertz CT molecular complexity index is 340. The molecule has 0 radical (unpaired) electrons. The fourth-order valence-corrected chi connectivity index (χ4v) is 1.70. The summed E-state index contributed by atoms with van der Waals surface area (Å²) >= 11 is 0. The van der Waals surface area contributed by atoms with Crippen molar-refractivity contribution in [2.24, 2.45) is 0 Å². The maximum atomic E-state index is 5.59. The largest absolute Gasteiger partial charge is 0.475 e. The summed E-state index contributed by atoms with van der Waals surface area (Å²) in [4.78, 5) is 8.39. The van der Waals surface area contributed by atoms with E-state index in [0.717, 1.165) is 32.4 Å². The van der Waals surface area contributed by atoms with Crippen molar-refractivity contribution in [2.45, 2.75) is 32.3 Å². The zero-order chi connectivity index (χ0) is 11.9. The maximum absolute atomic E-state index is 5.59. The van der Waals surface area contributed by atoms with E-state index < -0.39 is 0 Å². The summed E-state index contributed by atoms with van der Waals surface area (Å²) in [5.74, 6) is 1.23. The smallest absolute Gasteiger partial charge is 0.225 e. The number of anilines is 1. The molecule has 1 aliphatic heterocycles. The van der Waals surface area contributed by atoms with Crippen molar-refractivity contribution < 1.29 is 9.47 Å². The van der Waals surface area contributed by atoms with E-state index in [-0.39, 0.29) is 6.10 Å². The highest BCUT2D eigenvalue weighted by atomic mass is 16.5. The van der Waals surface area contributed by atoms with Crippen LogP contribution in [0.3, 0.4) is 0 Å². The first-order valence-electron chi connectivity index (χ1n) is 6.20. The van der Waals surface area contributed by atoms with Gasteiger partial charge < -0.3 is 14.8 Å². The van der Waals surface area contributed by atoms with Gasteiger partial charge >= 0.3 is 0 Å². The molecule has 1 atom stereocenters. The first kappa shape index (κ1) is 12.1. The minimum absolute atomic E-state index is 0.219. The van der Waals surface area contributed by atoms with Crippen LogP contribution in [0.4, 0.5) is 5.95 Å². The second-order valence-corrected chi connectivity index (χ2v) is 4.09. The van der Waals surface area contributed by atoms with Crippen molar-refractivity contribution in [1.82, 2.24) is 9.97 Å². The highest BCUT2D eigenvalue weighted by molar-refractivity contribution is 5.27. The van der Waals surface area contributed by atoms with E-state index in [1.54, 1.807) is 12.3 Å². The van der Waals surface area contributed by atoms with Gasteiger partial charge in [0.2, 0.25) is 11.8 Å². The Hall–Kier alpha value is -1.36. The van der Waals surface area contributed by atoms with Crippen LogP contribution in [0.2, 0.25) is 0 Å². The molecule has 0 bridgehead atoms. The average molecular weight is 237 g/mol. The maximum Gasteiger partial charge on any atom is 0.225 e. The summed E-state index contributed by atoms with van der Waals surface area (Å²) in [7, 11) is 0. The Balaban J connectivity index is 1.82. The molecule has 0 aromatic carbocycles. The van der Waals surface area contributed by atoms with Crippen molar-refractivity contribution in [3.05, 3.63) is 12.3 Å². The van der Waals surface area contributed by atoms with Gasteiger partial charge in [0.1, 0.15) is 6.61 Å². The van der Waals surface area contributed by atoms with Crippen LogP contribution in [0.25, 0.3) is 0 Å². The van der Waals surface area contributed by atoms with Crippen molar-refractivity contribution in [2.75, 3.05) is 25.1 Å². The van der Waals surface area contributed by atoms with Gasteiger partial charge in [0, 0.05) is 25.4 Å². The molecule has 5 nitrogen and oxygen atoms in total. The fourth-order valence-electron chi connectivity index (χ4n) is 1.70. The molecule has 0 spiro atoms. The molecule has 1 saturated heterocycles. The van der Waals surface area contributed by atoms with Crippen LogP contribution >= 0.6 is 0 Å². The molecule has 0 aliphatic carbocycles. The van der Waals surface area contributed by atoms with E-state index in [9.17, 15) is 0 Å². The van der Waals surface area contributed by atoms with Gasteiger partial charge in [-0.15, -0.1) is 0 Å². The average Bonchev–Trinajstić information content (AvgIpc) is 2.87. The van der Waals surface area contributed by atoms with Crippen LogP contribution in [0.5, 0.6) is 5.88 Å². The number of hydrogen-bond acceptors (Lipinski definition) is 5. The van der Waals surface area contributed by atoms with Crippen LogP contribution in [-0.4, -0.2) is 35.8 Å². The Kier molecular flexibility index (Phi) is 4.55. The lowest BCUT2D eigenvalue weighted by atomic mass is 10.2. The van der Waals surface area contributed by atoms with E-state index >= 15 is 0 Å². The molecule has 1 N–H and O–H groups in total. The lowest BCUT2D eigenvalue weighted by Gasteiger charge is -2.11. The minimum Gasteiger partial charge on any atom is -0.475 e. The zero-order valence-corrected chi connectivity index (χ0v) is 10.2. The molecular weight excluding hydrogens is 218 g/mol. The van der Waals surface area contributed by atoms with E-state index in [2.05, 4.69) is 22.2 Å². The summed E-state index contributed by atoms with van der Waals surface area (Å²) < 4.78 is 11.1. The lowest BCUT2D eigenvalue weighted by Crippen LogP contribution is -2.17. The molecule has 1 aromatic heterocycles. The van der Waals surface area contributed by atoms with Gasteiger partial charge in [-0.1, -0.05) is 6.92 Å². The van der Waals surface area contributed by atoms with Gasteiger partial charge in [-0.25, -0.2) is 4.98 Å². The van der Waals surface area contributed by atoms with Gasteiger partial charge in [0.05, 0.1) is 6.10 Å². The van der Waals surface area contributed by atoms with Gasteiger partial charge in [-0.3, -0.25) is 0 Å². The van der Waals surface area contributed by atoms with Crippen LogP contribution in [0.15, 0.2) is 12.3 Å². The zero-order valence-electron chi connectivity index (χ0n) is 10.2. The van der Waals surface area contributed by atoms with Gasteiger partial charge in [0.25, 0.3) is 0 Å². The van der Waals surface area contributed by atoms with Gasteiger partial charge in [0.15, 0.2) is 0 Å². The summed E-state index contributed by atoms with van der Waals surface area (Å²) in [6, 6.07) is 1.77. The van der Waals surface area contributed by atoms with Crippen LogP contribution < -0.4 is 10.1 Å². The molecule has 17 heavy (non-hydrogen) atoms. The number of nitrogens with one attached hydrogen (secondary N) is 1. The molecule has 1 aliphatic rings. The minimum atomic E-state index is 0.219. The predicted molar refractivity (Wildman–Crippen MR) is 65.3 cm³/mol. The van der Waals surface area contributed by atoms with Crippen LogP contribution in [0, 0.1) is 0 Å². The van der Waals surface area contributed by atoms with Crippen molar-refractivity contribution >= 4 is 5.95 Å². The third-order valence-electron chi connectivity index (χ3n) is 2.60. The second kappa shape index (κ2) is 6.39. The molecule has 5 heteroatoms. The monoisotopic (exact) mass is 237 g/mol. The number of rotatable bonds is 6. The number of nitrogens with zero attached hydrogens (tertiary/aromatic N) is 2. The van der Waals surface area contributed by atoms with Crippen molar-refractivity contribution in [3.8, 4) is 5.88 Å². The Morgan fingerprint density at radius 3 is 3.29 bits per heavy atom. The van der Waals surface area contributed by atoms with Crippen molar-refractivity contribution in [1.29, 1.82) is 0 Å². The first-order chi connectivity index (χ1) is 8.38. The first-order valence-corrected chi connectivity index (χ1v) is 6.20. The second-order valence-electron chi connectivity index (χ2n) is 4.09. The molecule has 1 unspecified atom stereocenters. The molecule has 2 heterocycles. The third-order valence-corrected chi connectivity index (χ3v) is 2.60. The topological polar surface area (TPSA) is 56.3 Å². The van der Waals surface area contributed by atoms with Gasteiger partial charge in [-0.2, -0.15) is 4.98 Å². The van der Waals surface area contributed by atoms with Crippen LogP contribution in [0.1, 0.15) is 26.2 Å². The number of hydrogen-bond donors (Lipinski definition) is 1. The highest BCUT2D eigenvalue weighted by Gasteiger charge is 2.16. The third kappa shape index (κ3) is 3.85. The number of ether oxygens (including phenoxy) is 2. The Morgan fingerprint density at radius 1 is 1.59 bits per heavy atom. The molecule has 1 fully saturated rings. The molecule has 2 rings (SSSR count).